The molecule has 1 aromatic heterocycles. The summed E-state index contributed by atoms with van der Waals surface area (Å²) in [5.74, 6) is 0.180. The summed E-state index contributed by atoms with van der Waals surface area (Å²) in [5.41, 5.74) is 2.20. The highest BCUT2D eigenvalue weighted by atomic mass is 35.5. The summed E-state index contributed by atoms with van der Waals surface area (Å²) in [5, 5.41) is 9.43. The maximum Gasteiger partial charge on any atom is 0.181 e. The third kappa shape index (κ3) is 1.53. The van der Waals surface area contributed by atoms with E-state index >= 15 is 0 Å². The molecule has 0 fully saturated rings. The first-order valence-electron chi connectivity index (χ1n) is 3.88. The topological polar surface area (TPSA) is 46.3 Å². The molecular formula is C9H8ClNO2. The Labute approximate surface area is 80.0 Å². The van der Waals surface area contributed by atoms with Crippen molar-refractivity contribution >= 4 is 22.7 Å². The number of nitrogens with zero attached hydrogens (tertiary/aromatic N) is 1. The molecule has 0 saturated carbocycles. The lowest BCUT2D eigenvalue weighted by molar-refractivity contribution is 0.202. The molecule has 0 saturated heterocycles. The minimum Gasteiger partial charge on any atom is -0.443 e. The van der Waals surface area contributed by atoms with Crippen molar-refractivity contribution in [3.63, 3.8) is 0 Å². The van der Waals surface area contributed by atoms with Gasteiger partial charge in [0, 0.05) is 0 Å². The standard InChI is InChI=1S/C9H8ClNO2/c10-4-8(12)6-1-2-7-9(3-6)13-5-11-7/h1-3,5,8,12H,4H2. The van der Waals surface area contributed by atoms with E-state index in [2.05, 4.69) is 4.98 Å². The predicted molar refractivity (Wildman–Crippen MR) is 49.7 cm³/mol. The summed E-state index contributed by atoms with van der Waals surface area (Å²) >= 11 is 5.52. The van der Waals surface area contributed by atoms with Crippen LogP contribution in [-0.2, 0) is 0 Å². The molecule has 0 radical (unpaired) electrons. The molecule has 1 unspecified atom stereocenters. The van der Waals surface area contributed by atoms with Crippen LogP contribution in [-0.4, -0.2) is 16.0 Å². The minimum absolute atomic E-state index is 0.180. The predicted octanol–water partition coefficient (Wildman–Crippen LogP) is 2.10. The third-order valence-corrected chi connectivity index (χ3v) is 2.18. The second-order valence-corrected chi connectivity index (χ2v) is 3.06. The number of aliphatic hydroxyl groups excluding tert-OH is 1. The van der Waals surface area contributed by atoms with Gasteiger partial charge in [-0.15, -0.1) is 11.6 Å². The molecular weight excluding hydrogens is 190 g/mol. The van der Waals surface area contributed by atoms with E-state index in [9.17, 15) is 5.11 Å². The van der Waals surface area contributed by atoms with Gasteiger partial charge in [0.05, 0.1) is 12.0 Å². The van der Waals surface area contributed by atoms with Gasteiger partial charge in [-0.2, -0.15) is 0 Å². The average Bonchev–Trinajstić information content (AvgIpc) is 2.63. The molecule has 13 heavy (non-hydrogen) atoms. The normalized spacial score (nSPS) is 13.4. The van der Waals surface area contributed by atoms with Gasteiger partial charge in [0.1, 0.15) is 5.52 Å². The second-order valence-electron chi connectivity index (χ2n) is 2.75. The maximum absolute atomic E-state index is 9.43. The van der Waals surface area contributed by atoms with Crippen molar-refractivity contribution in [2.45, 2.75) is 6.10 Å². The second kappa shape index (κ2) is 3.36. The van der Waals surface area contributed by atoms with Crippen LogP contribution in [0.2, 0.25) is 0 Å². The molecule has 68 valence electrons. The Morgan fingerprint density at radius 3 is 3.15 bits per heavy atom. The first kappa shape index (κ1) is 8.53. The van der Waals surface area contributed by atoms with Gasteiger partial charge in [-0.25, -0.2) is 4.98 Å². The summed E-state index contributed by atoms with van der Waals surface area (Å²) in [7, 11) is 0. The highest BCUT2D eigenvalue weighted by Gasteiger charge is 2.07. The van der Waals surface area contributed by atoms with Gasteiger partial charge >= 0.3 is 0 Å². The first-order chi connectivity index (χ1) is 6.31. The molecule has 0 amide bonds. The molecule has 2 rings (SSSR count). The van der Waals surface area contributed by atoms with Gasteiger partial charge < -0.3 is 9.52 Å². The van der Waals surface area contributed by atoms with Crippen LogP contribution < -0.4 is 0 Å². The Morgan fingerprint density at radius 1 is 1.54 bits per heavy atom. The van der Waals surface area contributed by atoms with E-state index in [1.54, 1.807) is 18.2 Å². The molecule has 1 atom stereocenters. The number of fused-ring (bicyclic) bond motifs is 1. The fourth-order valence-corrected chi connectivity index (χ4v) is 1.35. The molecule has 2 aromatic rings. The lowest BCUT2D eigenvalue weighted by Crippen LogP contribution is -1.97. The number of hydrogen-bond donors (Lipinski definition) is 1. The molecule has 4 heteroatoms. The molecule has 1 N–H and O–H groups in total. The number of oxazole rings is 1. The van der Waals surface area contributed by atoms with Crippen molar-refractivity contribution in [1.29, 1.82) is 0 Å². The number of halogens is 1. The van der Waals surface area contributed by atoms with Crippen molar-refractivity contribution in [1.82, 2.24) is 4.98 Å². The monoisotopic (exact) mass is 197 g/mol. The fourth-order valence-electron chi connectivity index (χ4n) is 1.17. The highest BCUT2D eigenvalue weighted by molar-refractivity contribution is 6.18. The van der Waals surface area contributed by atoms with E-state index in [0.717, 1.165) is 11.1 Å². The lowest BCUT2D eigenvalue weighted by Gasteiger charge is -2.05. The SMILES string of the molecule is OC(CCl)c1ccc2ncoc2c1. The summed E-state index contributed by atoms with van der Waals surface area (Å²) in [4.78, 5) is 3.96. The average molecular weight is 198 g/mol. The summed E-state index contributed by atoms with van der Waals surface area (Å²) < 4.78 is 5.09. The quantitative estimate of drug-likeness (QED) is 0.750. The van der Waals surface area contributed by atoms with Crippen LogP contribution in [0.25, 0.3) is 11.1 Å². The fraction of sp³-hybridized carbons (Fsp3) is 0.222. The highest BCUT2D eigenvalue weighted by Crippen LogP contribution is 2.20. The molecule has 1 aromatic carbocycles. The van der Waals surface area contributed by atoms with E-state index in [0.29, 0.717) is 5.58 Å². The van der Waals surface area contributed by atoms with E-state index in [1.807, 2.05) is 0 Å². The van der Waals surface area contributed by atoms with E-state index < -0.39 is 6.10 Å². The zero-order valence-corrected chi connectivity index (χ0v) is 7.53. The van der Waals surface area contributed by atoms with Crippen LogP contribution in [0.15, 0.2) is 29.0 Å². The van der Waals surface area contributed by atoms with Crippen molar-refractivity contribution < 1.29 is 9.52 Å². The van der Waals surface area contributed by atoms with Gasteiger partial charge in [0.15, 0.2) is 12.0 Å². The van der Waals surface area contributed by atoms with Crippen molar-refractivity contribution in [2.24, 2.45) is 0 Å². The Balaban J connectivity index is 2.48. The molecule has 0 aliphatic heterocycles. The molecule has 3 nitrogen and oxygen atoms in total. The molecule has 0 spiro atoms. The maximum atomic E-state index is 9.43. The van der Waals surface area contributed by atoms with Crippen LogP contribution in [0.5, 0.6) is 0 Å². The third-order valence-electron chi connectivity index (χ3n) is 1.89. The van der Waals surface area contributed by atoms with Crippen molar-refractivity contribution in [3.05, 3.63) is 30.2 Å². The van der Waals surface area contributed by atoms with Crippen molar-refractivity contribution in [2.75, 3.05) is 5.88 Å². The Bertz CT molecular complexity index is 413. The van der Waals surface area contributed by atoms with E-state index in [4.69, 9.17) is 16.0 Å². The van der Waals surface area contributed by atoms with Gasteiger partial charge in [-0.3, -0.25) is 0 Å². The number of alkyl halides is 1. The summed E-state index contributed by atoms with van der Waals surface area (Å²) in [6, 6.07) is 5.33. The van der Waals surface area contributed by atoms with E-state index in [-0.39, 0.29) is 5.88 Å². The number of rotatable bonds is 2. The lowest BCUT2D eigenvalue weighted by atomic mass is 10.1. The first-order valence-corrected chi connectivity index (χ1v) is 4.42. The molecule has 0 aliphatic carbocycles. The summed E-state index contributed by atoms with van der Waals surface area (Å²) in [6.45, 7) is 0. The zero-order chi connectivity index (χ0) is 9.26. The van der Waals surface area contributed by atoms with Crippen LogP contribution in [0.1, 0.15) is 11.7 Å². The largest absolute Gasteiger partial charge is 0.443 e. The van der Waals surface area contributed by atoms with Crippen LogP contribution >= 0.6 is 11.6 Å². The van der Waals surface area contributed by atoms with Gasteiger partial charge in [0.25, 0.3) is 0 Å². The van der Waals surface area contributed by atoms with Crippen molar-refractivity contribution in [3.8, 4) is 0 Å². The van der Waals surface area contributed by atoms with Gasteiger partial charge in [0.2, 0.25) is 0 Å². The Kier molecular flexibility index (Phi) is 2.20. The number of hydrogen-bond acceptors (Lipinski definition) is 3. The number of benzene rings is 1. The van der Waals surface area contributed by atoms with Crippen LogP contribution in [0.4, 0.5) is 0 Å². The van der Waals surface area contributed by atoms with Gasteiger partial charge in [-0.1, -0.05) is 6.07 Å². The van der Waals surface area contributed by atoms with E-state index in [1.165, 1.54) is 6.39 Å². The number of aliphatic hydroxyl groups is 1. The molecule has 0 aliphatic rings. The summed E-state index contributed by atoms with van der Waals surface area (Å²) in [6.07, 6.45) is 0.734. The smallest absolute Gasteiger partial charge is 0.181 e. The van der Waals surface area contributed by atoms with Crippen LogP contribution in [0.3, 0.4) is 0 Å². The Morgan fingerprint density at radius 2 is 2.38 bits per heavy atom. The Hall–Kier alpha value is -1.06. The van der Waals surface area contributed by atoms with Crippen LogP contribution in [0, 0.1) is 0 Å². The molecule has 0 bridgehead atoms. The zero-order valence-electron chi connectivity index (χ0n) is 6.77. The number of aromatic nitrogens is 1. The molecule has 1 heterocycles. The minimum atomic E-state index is -0.642. The van der Waals surface area contributed by atoms with Gasteiger partial charge in [-0.05, 0) is 17.7 Å².